The zero-order chi connectivity index (χ0) is 59.6. The Balaban J connectivity index is 0.000000812. The Labute approximate surface area is 480 Å². The van der Waals surface area contributed by atoms with Crippen LogP contribution in [-0.2, 0) is 68.5 Å². The monoisotopic (exact) mass is 1150 g/mol. The summed E-state index contributed by atoms with van der Waals surface area (Å²) in [6, 6.07) is -0.821. The van der Waals surface area contributed by atoms with Crippen LogP contribution in [0, 0.1) is 11.8 Å². The molecule has 2 rings (SSSR count). The number of nitrogens with one attached hydrogen (secondary N) is 5. The number of aryl methyl sites for hydroxylation is 1. The highest BCUT2D eigenvalue weighted by Crippen LogP contribution is 2.21. The van der Waals surface area contributed by atoms with Gasteiger partial charge in [-0.15, -0.1) is 0 Å². The molecule has 2 atom stereocenters. The number of likely N-dealkylation sites (tertiary alicyclic amines) is 1. The number of imidazole rings is 1. The van der Waals surface area contributed by atoms with Gasteiger partial charge < -0.3 is 65.4 Å². The lowest BCUT2D eigenvalue weighted by Crippen LogP contribution is -2.47. The number of amides is 5. The van der Waals surface area contributed by atoms with Crippen LogP contribution in [0.2, 0.25) is 0 Å². The second-order valence-corrected chi connectivity index (χ2v) is 20.8. The maximum absolute atomic E-state index is 12.5. The molecular formula is C58H101N7O16. The number of aromatic amines is 1. The van der Waals surface area contributed by atoms with Crippen LogP contribution in [0.1, 0.15) is 193 Å². The van der Waals surface area contributed by atoms with Gasteiger partial charge in [-0.25, -0.2) is 9.78 Å². The van der Waals surface area contributed by atoms with E-state index in [0.717, 1.165) is 37.8 Å². The smallest absolute Gasteiger partial charge is 0.326 e. The molecule has 1 aromatic rings. The third-order valence-corrected chi connectivity index (χ3v) is 13.7. The van der Waals surface area contributed by atoms with Gasteiger partial charge in [0.15, 0.2) is 0 Å². The minimum atomic E-state index is -0.990. The predicted octanol–water partition coefficient (Wildman–Crippen LogP) is 6.31. The number of unbranched alkanes of at least 4 members (excludes halogenated alkanes) is 16. The highest BCUT2D eigenvalue weighted by Gasteiger charge is 2.30. The standard InChI is InChI=1S/C31H56N2O6.C27H45N5O10/c1-2-19-27(31(38)39)32-30(37)26-22-24-33(25-23-26)28(34)20-17-15-13-11-9-7-5-3-4-6-8-10-12-14-16-18-21-29(35)36;1-21(33)29-8-10-39-12-14-42-19-26(36)31-9-11-40-13-15-41-18-25(35)30-7-3-2-4-22(27(37)38)16-24(34)6-5-23-17-28-20-32-23/h26-27H,2-25H2,1H3,(H,32,37)(H,35,36)(H,38,39);17,20,22H,2-16,18-19H2,1H3,(H,28,32)(H,29,33)(H,30,35)(H,31,36)(H,37,38)/t27-;22-/m01/s1. The zero-order valence-electron chi connectivity index (χ0n) is 48.9. The summed E-state index contributed by atoms with van der Waals surface area (Å²) >= 11 is 0. The average molecular weight is 1150 g/mol. The quantitative estimate of drug-likeness (QED) is 0.0331. The van der Waals surface area contributed by atoms with E-state index < -0.39 is 29.9 Å². The van der Waals surface area contributed by atoms with Gasteiger partial charge in [0.1, 0.15) is 25.0 Å². The number of carboxylic acid groups (broad SMARTS) is 3. The SMILES string of the molecule is CC(=O)NCCOCCOCC(=O)NCCOCCOCC(=O)NCCCC[C@H](CC(=O)CCc1cnc[nH]1)C(=O)O.CCC[C@H](NC(=O)C1CCN(C(=O)CCCCCCCCCCCCCCCCCCC(=O)O)CC1)C(=O)O. The molecule has 23 heteroatoms. The summed E-state index contributed by atoms with van der Waals surface area (Å²) in [6.45, 7) is 7.07. The lowest BCUT2D eigenvalue weighted by Gasteiger charge is -2.32. The van der Waals surface area contributed by atoms with Crippen molar-refractivity contribution in [2.24, 2.45) is 11.8 Å². The van der Waals surface area contributed by atoms with Crippen molar-refractivity contribution in [3.8, 4) is 0 Å². The van der Waals surface area contributed by atoms with Gasteiger partial charge in [-0.3, -0.25) is 38.4 Å². The van der Waals surface area contributed by atoms with E-state index in [-0.39, 0.29) is 93.7 Å². The number of ketones is 1. The maximum Gasteiger partial charge on any atom is 0.326 e. The number of rotatable bonds is 51. The fourth-order valence-corrected chi connectivity index (χ4v) is 8.97. The molecule has 1 fully saturated rings. The number of aliphatic carboxylic acids is 3. The largest absolute Gasteiger partial charge is 0.481 e. The topological polar surface area (TPSA) is 331 Å². The molecule has 1 aliphatic heterocycles. The average Bonchev–Trinajstić information content (AvgIpc) is 3.97. The van der Waals surface area contributed by atoms with E-state index >= 15 is 0 Å². The molecule has 0 aliphatic carbocycles. The first-order chi connectivity index (χ1) is 39.1. The van der Waals surface area contributed by atoms with Crippen molar-refractivity contribution in [3.63, 3.8) is 0 Å². The van der Waals surface area contributed by atoms with Crippen molar-refractivity contribution in [2.75, 3.05) is 85.6 Å². The van der Waals surface area contributed by atoms with Gasteiger partial charge in [0.2, 0.25) is 29.5 Å². The molecule has 0 unspecified atom stereocenters. The van der Waals surface area contributed by atoms with E-state index in [2.05, 4.69) is 31.2 Å². The first kappa shape index (κ1) is 73.5. The second-order valence-electron chi connectivity index (χ2n) is 20.8. The number of carboxylic acids is 3. The fourth-order valence-electron chi connectivity index (χ4n) is 8.97. The summed E-state index contributed by atoms with van der Waals surface area (Å²) in [5.41, 5.74) is 0.836. The molecule has 8 N–H and O–H groups in total. The van der Waals surface area contributed by atoms with Crippen molar-refractivity contribution in [2.45, 2.75) is 200 Å². The van der Waals surface area contributed by atoms with Crippen LogP contribution < -0.4 is 21.3 Å². The molecule has 81 heavy (non-hydrogen) atoms. The molecule has 5 amide bonds. The van der Waals surface area contributed by atoms with Crippen LogP contribution in [-0.4, -0.2) is 175 Å². The Hall–Kier alpha value is -5.52. The molecular weight excluding hydrogens is 1050 g/mol. The van der Waals surface area contributed by atoms with Crippen LogP contribution in [0.5, 0.6) is 0 Å². The van der Waals surface area contributed by atoms with Crippen molar-refractivity contribution in [1.82, 2.24) is 36.1 Å². The Kier molecular flexibility index (Phi) is 45.6. The number of aromatic nitrogens is 2. The summed E-state index contributed by atoms with van der Waals surface area (Å²) < 4.78 is 21.0. The van der Waals surface area contributed by atoms with Gasteiger partial charge in [0.25, 0.3) is 0 Å². The molecule has 0 radical (unpaired) electrons. The predicted molar refractivity (Wildman–Crippen MR) is 304 cm³/mol. The number of H-pyrrole nitrogens is 1. The molecule has 1 saturated heterocycles. The van der Waals surface area contributed by atoms with E-state index in [9.17, 15) is 53.4 Å². The molecule has 1 aromatic heterocycles. The number of carbonyl (C=O) groups excluding carboxylic acids is 6. The fraction of sp³-hybridized carbons (Fsp3) is 0.793. The summed E-state index contributed by atoms with van der Waals surface area (Å²) in [5.74, 6) is -4.40. The van der Waals surface area contributed by atoms with E-state index in [1.54, 1.807) is 6.20 Å². The van der Waals surface area contributed by atoms with Crippen LogP contribution >= 0.6 is 0 Å². The molecule has 1 aliphatic rings. The lowest BCUT2D eigenvalue weighted by molar-refractivity contribution is -0.144. The molecule has 2 heterocycles. The molecule has 0 aromatic carbocycles. The number of hydrogen-bond donors (Lipinski definition) is 8. The Bertz CT molecular complexity index is 1870. The number of Topliss-reactive ketones (excluding diaryl/α,β-unsaturated/α-hetero) is 1. The van der Waals surface area contributed by atoms with E-state index in [4.69, 9.17) is 24.1 Å². The third kappa shape index (κ3) is 43.8. The van der Waals surface area contributed by atoms with E-state index in [0.29, 0.717) is 110 Å². The van der Waals surface area contributed by atoms with Gasteiger partial charge in [-0.1, -0.05) is 110 Å². The highest BCUT2D eigenvalue weighted by molar-refractivity contribution is 5.85. The molecule has 23 nitrogen and oxygen atoms in total. The van der Waals surface area contributed by atoms with Crippen LogP contribution in [0.15, 0.2) is 12.5 Å². The van der Waals surface area contributed by atoms with E-state index in [1.807, 2.05) is 11.8 Å². The van der Waals surface area contributed by atoms with Gasteiger partial charge >= 0.3 is 17.9 Å². The normalized spacial score (nSPS) is 13.1. The van der Waals surface area contributed by atoms with Gasteiger partial charge in [0.05, 0.1) is 51.9 Å². The van der Waals surface area contributed by atoms with E-state index in [1.165, 1.54) is 83.9 Å². The first-order valence-corrected chi connectivity index (χ1v) is 30.0. The molecule has 464 valence electrons. The van der Waals surface area contributed by atoms with Crippen molar-refractivity contribution >= 4 is 53.2 Å². The first-order valence-electron chi connectivity index (χ1n) is 30.0. The van der Waals surface area contributed by atoms with Gasteiger partial charge in [-0.05, 0) is 51.4 Å². The minimum absolute atomic E-state index is 0.00773. The minimum Gasteiger partial charge on any atom is -0.481 e. The summed E-state index contributed by atoms with van der Waals surface area (Å²) in [7, 11) is 0. The van der Waals surface area contributed by atoms with Crippen LogP contribution in [0.3, 0.4) is 0 Å². The zero-order valence-corrected chi connectivity index (χ0v) is 48.9. The Morgan fingerprint density at radius 3 is 1.59 bits per heavy atom. The Morgan fingerprint density at radius 2 is 1.11 bits per heavy atom. The summed E-state index contributed by atoms with van der Waals surface area (Å²) in [5, 5.41) is 37.9. The summed E-state index contributed by atoms with van der Waals surface area (Å²) in [4.78, 5) is 113. The number of hydrogen-bond acceptors (Lipinski definition) is 14. The number of piperidine rings is 1. The highest BCUT2D eigenvalue weighted by atomic mass is 16.5. The lowest BCUT2D eigenvalue weighted by atomic mass is 9.94. The molecule has 0 bridgehead atoms. The summed E-state index contributed by atoms with van der Waals surface area (Å²) in [6.07, 6.45) is 27.8. The number of nitrogens with zero attached hydrogens (tertiary/aromatic N) is 2. The van der Waals surface area contributed by atoms with Crippen molar-refractivity contribution in [3.05, 3.63) is 18.2 Å². The van der Waals surface area contributed by atoms with Crippen LogP contribution in [0.25, 0.3) is 0 Å². The van der Waals surface area contributed by atoms with Crippen molar-refractivity contribution in [1.29, 1.82) is 0 Å². The van der Waals surface area contributed by atoms with Gasteiger partial charge in [0, 0.05) is 83.1 Å². The third-order valence-electron chi connectivity index (χ3n) is 13.7. The maximum atomic E-state index is 12.5. The Morgan fingerprint density at radius 1 is 0.605 bits per heavy atom. The number of carbonyl (C=O) groups is 9. The second kappa shape index (κ2) is 50.2. The molecule has 0 saturated carbocycles. The number of ether oxygens (including phenoxy) is 4. The van der Waals surface area contributed by atoms with Crippen LogP contribution in [0.4, 0.5) is 0 Å². The van der Waals surface area contributed by atoms with Gasteiger partial charge in [-0.2, -0.15) is 0 Å². The van der Waals surface area contributed by atoms with Crippen molar-refractivity contribution < 1.29 is 77.4 Å². The molecule has 0 spiro atoms.